The number of rotatable bonds is 6. The van der Waals surface area contributed by atoms with Gasteiger partial charge in [0.05, 0.1) is 0 Å². The van der Waals surface area contributed by atoms with Crippen molar-refractivity contribution in [1.29, 1.82) is 0 Å². The van der Waals surface area contributed by atoms with E-state index in [1.807, 2.05) is 6.92 Å². The summed E-state index contributed by atoms with van der Waals surface area (Å²) in [6, 6.07) is 0. The molecular formula is C20H35N3O4. The van der Waals surface area contributed by atoms with Crippen LogP contribution < -0.4 is 10.6 Å². The van der Waals surface area contributed by atoms with E-state index in [-0.39, 0.29) is 18.4 Å². The van der Waals surface area contributed by atoms with Crippen molar-refractivity contribution >= 4 is 17.9 Å². The van der Waals surface area contributed by atoms with Crippen molar-refractivity contribution in [3.05, 3.63) is 11.6 Å². The van der Waals surface area contributed by atoms with E-state index < -0.39 is 11.7 Å². The highest BCUT2D eigenvalue weighted by Crippen LogP contribution is 2.16. The average Bonchev–Trinajstić information content (AvgIpc) is 2.56. The second-order valence-electron chi connectivity index (χ2n) is 8.47. The van der Waals surface area contributed by atoms with Gasteiger partial charge in [-0.25, -0.2) is 4.79 Å². The zero-order valence-corrected chi connectivity index (χ0v) is 17.6. The first-order valence-corrected chi connectivity index (χ1v) is 9.68. The summed E-state index contributed by atoms with van der Waals surface area (Å²) in [5, 5.41) is 5.45. The molecule has 0 bridgehead atoms. The van der Waals surface area contributed by atoms with Crippen LogP contribution in [-0.2, 0) is 14.3 Å². The van der Waals surface area contributed by atoms with Gasteiger partial charge in [-0.15, -0.1) is 0 Å². The van der Waals surface area contributed by atoms with E-state index in [1.54, 1.807) is 31.7 Å². The first-order chi connectivity index (χ1) is 12.5. The first-order valence-electron chi connectivity index (χ1n) is 9.68. The van der Waals surface area contributed by atoms with E-state index >= 15 is 0 Å². The maximum absolute atomic E-state index is 12.2. The van der Waals surface area contributed by atoms with Gasteiger partial charge in [0.2, 0.25) is 11.8 Å². The van der Waals surface area contributed by atoms with Crippen molar-refractivity contribution < 1.29 is 19.1 Å². The summed E-state index contributed by atoms with van der Waals surface area (Å²) in [4.78, 5) is 37.5. The molecule has 0 unspecified atom stereocenters. The molecule has 1 saturated heterocycles. The zero-order valence-electron chi connectivity index (χ0n) is 17.6. The molecule has 0 radical (unpaired) electrons. The molecule has 0 atom stereocenters. The Morgan fingerprint density at radius 2 is 1.74 bits per heavy atom. The number of nitrogens with one attached hydrogen (secondary N) is 2. The lowest BCUT2D eigenvalue weighted by Crippen LogP contribution is -2.46. The van der Waals surface area contributed by atoms with E-state index in [4.69, 9.17) is 4.74 Å². The molecule has 27 heavy (non-hydrogen) atoms. The molecule has 0 aromatic carbocycles. The molecule has 1 heterocycles. The fraction of sp³-hybridized carbons (Fsp3) is 0.750. The number of carbonyl (C=O) groups is 3. The SMILES string of the molecule is C/C(=C\C(=O)NCC1CCN(C(=O)CNC(=O)OC(C)(C)C)CC1)C(C)C. The third-order valence-electron chi connectivity index (χ3n) is 4.58. The molecule has 0 aromatic heterocycles. The standard InChI is InChI=1S/C20H35N3O4/c1-14(2)15(3)11-17(24)21-12-16-7-9-23(10-8-16)18(25)13-22-19(26)27-20(4,5)6/h11,14,16H,7-10,12-13H2,1-6H3,(H,21,24)(H,22,26)/b15-11+. The third kappa shape index (κ3) is 9.45. The fourth-order valence-electron chi connectivity index (χ4n) is 2.63. The first kappa shape index (κ1) is 23.0. The molecule has 154 valence electrons. The summed E-state index contributed by atoms with van der Waals surface area (Å²) < 4.78 is 5.12. The molecule has 2 N–H and O–H groups in total. The van der Waals surface area contributed by atoms with Crippen LogP contribution >= 0.6 is 0 Å². The van der Waals surface area contributed by atoms with Crippen molar-refractivity contribution in [2.45, 2.75) is 60.0 Å². The van der Waals surface area contributed by atoms with Crippen LogP contribution in [0.25, 0.3) is 0 Å². The molecule has 1 aliphatic heterocycles. The maximum atomic E-state index is 12.2. The third-order valence-corrected chi connectivity index (χ3v) is 4.58. The number of hydrogen-bond donors (Lipinski definition) is 2. The van der Waals surface area contributed by atoms with Crippen LogP contribution in [0.1, 0.15) is 54.4 Å². The topological polar surface area (TPSA) is 87.7 Å². The Morgan fingerprint density at radius 3 is 2.26 bits per heavy atom. The molecule has 1 rings (SSSR count). The Balaban J connectivity index is 2.29. The summed E-state index contributed by atoms with van der Waals surface area (Å²) in [7, 11) is 0. The van der Waals surface area contributed by atoms with Gasteiger partial charge < -0.3 is 20.3 Å². The maximum Gasteiger partial charge on any atom is 0.408 e. The molecule has 1 aliphatic rings. The van der Waals surface area contributed by atoms with Crippen LogP contribution in [0, 0.1) is 11.8 Å². The van der Waals surface area contributed by atoms with Gasteiger partial charge in [-0.2, -0.15) is 0 Å². The Morgan fingerprint density at radius 1 is 1.15 bits per heavy atom. The second-order valence-corrected chi connectivity index (χ2v) is 8.47. The summed E-state index contributed by atoms with van der Waals surface area (Å²) in [5.41, 5.74) is 0.476. The molecule has 7 heteroatoms. The summed E-state index contributed by atoms with van der Waals surface area (Å²) in [6.07, 6.45) is 2.75. The van der Waals surface area contributed by atoms with Gasteiger partial charge in [0.1, 0.15) is 12.1 Å². The number of hydrogen-bond acceptors (Lipinski definition) is 4. The molecule has 0 aliphatic carbocycles. The highest BCUT2D eigenvalue weighted by molar-refractivity contribution is 5.88. The normalized spacial score (nSPS) is 16.3. The summed E-state index contributed by atoms with van der Waals surface area (Å²) >= 11 is 0. The van der Waals surface area contributed by atoms with Crippen LogP contribution in [0.15, 0.2) is 11.6 Å². The van der Waals surface area contributed by atoms with Gasteiger partial charge in [-0.3, -0.25) is 9.59 Å². The average molecular weight is 382 g/mol. The number of ether oxygens (including phenoxy) is 1. The highest BCUT2D eigenvalue weighted by atomic mass is 16.6. The van der Waals surface area contributed by atoms with Gasteiger partial charge in [-0.05, 0) is 52.4 Å². The quantitative estimate of drug-likeness (QED) is 0.692. The number of alkyl carbamates (subject to hydrolysis) is 1. The Bertz CT molecular complexity index is 556. The van der Waals surface area contributed by atoms with Gasteiger partial charge in [0.25, 0.3) is 0 Å². The lowest BCUT2D eigenvalue weighted by molar-refractivity contribution is -0.131. The van der Waals surface area contributed by atoms with Gasteiger partial charge in [0, 0.05) is 25.7 Å². The van der Waals surface area contributed by atoms with E-state index in [9.17, 15) is 14.4 Å². The van der Waals surface area contributed by atoms with Crippen LogP contribution in [0.2, 0.25) is 0 Å². The summed E-state index contributed by atoms with van der Waals surface area (Å²) in [5.74, 6) is 0.559. The monoisotopic (exact) mass is 381 g/mol. The fourth-order valence-corrected chi connectivity index (χ4v) is 2.63. The van der Waals surface area contributed by atoms with Crippen molar-refractivity contribution in [2.24, 2.45) is 11.8 Å². The van der Waals surface area contributed by atoms with E-state index in [0.29, 0.717) is 31.5 Å². The summed E-state index contributed by atoms with van der Waals surface area (Å²) in [6.45, 7) is 13.2. The van der Waals surface area contributed by atoms with Gasteiger partial charge >= 0.3 is 6.09 Å². The van der Waals surface area contributed by atoms with Crippen LogP contribution in [-0.4, -0.2) is 54.6 Å². The molecule has 0 spiro atoms. The van der Waals surface area contributed by atoms with Gasteiger partial charge in [-0.1, -0.05) is 19.4 Å². The smallest absolute Gasteiger partial charge is 0.408 e. The Kier molecular flexibility index (Phi) is 8.79. The minimum atomic E-state index is -0.585. The van der Waals surface area contributed by atoms with E-state index in [2.05, 4.69) is 24.5 Å². The van der Waals surface area contributed by atoms with Crippen LogP contribution in [0.3, 0.4) is 0 Å². The number of allylic oxidation sites excluding steroid dienone is 1. The Labute approximate surface area is 162 Å². The lowest BCUT2D eigenvalue weighted by atomic mass is 9.96. The van der Waals surface area contributed by atoms with Crippen LogP contribution in [0.4, 0.5) is 4.79 Å². The largest absolute Gasteiger partial charge is 0.444 e. The van der Waals surface area contributed by atoms with Gasteiger partial charge in [0.15, 0.2) is 0 Å². The molecule has 0 aromatic rings. The predicted octanol–water partition coefficient (Wildman–Crippen LogP) is 2.47. The molecular weight excluding hydrogens is 346 g/mol. The minimum Gasteiger partial charge on any atom is -0.444 e. The van der Waals surface area contributed by atoms with Crippen molar-refractivity contribution in [1.82, 2.24) is 15.5 Å². The van der Waals surface area contributed by atoms with Crippen molar-refractivity contribution in [3.8, 4) is 0 Å². The Hall–Kier alpha value is -2.05. The van der Waals surface area contributed by atoms with Crippen molar-refractivity contribution in [3.63, 3.8) is 0 Å². The predicted molar refractivity (Wildman–Crippen MR) is 105 cm³/mol. The van der Waals surface area contributed by atoms with E-state index in [1.165, 1.54) is 0 Å². The van der Waals surface area contributed by atoms with Crippen LogP contribution in [0.5, 0.6) is 0 Å². The van der Waals surface area contributed by atoms with E-state index in [0.717, 1.165) is 18.4 Å². The minimum absolute atomic E-state index is 0.0544. The lowest BCUT2D eigenvalue weighted by Gasteiger charge is -2.32. The zero-order chi connectivity index (χ0) is 20.6. The van der Waals surface area contributed by atoms with Crippen molar-refractivity contribution in [2.75, 3.05) is 26.2 Å². The number of amides is 3. The number of nitrogens with zero attached hydrogens (tertiary/aromatic N) is 1. The highest BCUT2D eigenvalue weighted by Gasteiger charge is 2.24. The number of piperidine rings is 1. The molecule has 3 amide bonds. The number of carbonyl (C=O) groups excluding carboxylic acids is 3. The number of likely N-dealkylation sites (tertiary alicyclic amines) is 1. The second kappa shape index (κ2) is 10.3. The molecule has 0 saturated carbocycles. The molecule has 1 fully saturated rings. The molecule has 7 nitrogen and oxygen atoms in total.